The highest BCUT2D eigenvalue weighted by molar-refractivity contribution is 14.1. The van der Waals surface area contributed by atoms with Gasteiger partial charge in [0.25, 0.3) is 0 Å². The number of aliphatic hydroxyl groups is 1. The van der Waals surface area contributed by atoms with E-state index in [1.165, 1.54) is 16.8 Å². The lowest BCUT2D eigenvalue weighted by molar-refractivity contribution is 0.201. The third-order valence-corrected chi connectivity index (χ3v) is 7.25. The van der Waals surface area contributed by atoms with Crippen molar-refractivity contribution in [2.45, 2.75) is 18.9 Å². The van der Waals surface area contributed by atoms with Crippen molar-refractivity contribution in [3.8, 4) is 34.1 Å². The van der Waals surface area contributed by atoms with Gasteiger partial charge in [0.2, 0.25) is 5.88 Å². The zero-order valence-corrected chi connectivity index (χ0v) is 23.1. The number of aromatic hydroxyl groups is 1. The molecule has 0 saturated heterocycles. The van der Waals surface area contributed by atoms with Crippen molar-refractivity contribution >= 4 is 22.6 Å². The van der Waals surface area contributed by atoms with Gasteiger partial charge in [-0.15, -0.1) is 0 Å². The first kappa shape index (κ1) is 26.7. The lowest BCUT2D eigenvalue weighted by atomic mass is 9.92. The Labute approximate surface area is 237 Å². The van der Waals surface area contributed by atoms with Crippen LogP contribution in [0.5, 0.6) is 11.6 Å². The zero-order valence-electron chi connectivity index (χ0n) is 20.9. The average molecular weight is 640 g/mol. The van der Waals surface area contributed by atoms with Crippen LogP contribution in [-0.4, -0.2) is 42.9 Å². The molecule has 0 aliphatic carbocycles. The number of hydrogen-bond donors (Lipinski definition) is 4. The van der Waals surface area contributed by atoms with Gasteiger partial charge in [0.15, 0.2) is 0 Å². The number of ether oxygens (including phenoxy) is 1. The fraction of sp³-hybridized carbons (Fsp3) is 0.172. The van der Waals surface area contributed by atoms with Gasteiger partial charge in [-0.05, 0) is 70.6 Å². The van der Waals surface area contributed by atoms with Gasteiger partial charge in [0.1, 0.15) is 35.7 Å². The summed E-state index contributed by atoms with van der Waals surface area (Å²) in [5.74, 6) is 0.00851. The van der Waals surface area contributed by atoms with E-state index >= 15 is 0 Å². The third-order valence-electron chi connectivity index (χ3n) is 6.58. The molecule has 8 nitrogen and oxygen atoms in total. The molecule has 2 atom stereocenters. The second-order valence-corrected chi connectivity index (χ2v) is 10.3. The van der Waals surface area contributed by atoms with Crippen LogP contribution in [0, 0.1) is 9.39 Å². The van der Waals surface area contributed by atoms with Crippen molar-refractivity contribution in [3.63, 3.8) is 0 Å². The van der Waals surface area contributed by atoms with E-state index in [1.807, 2.05) is 59.8 Å². The smallest absolute Gasteiger partial charge is 0.329 e. The van der Waals surface area contributed by atoms with Crippen LogP contribution in [-0.2, 0) is 0 Å². The highest BCUT2D eigenvalue weighted by atomic mass is 127. The molecule has 2 aromatic heterocycles. The summed E-state index contributed by atoms with van der Waals surface area (Å²) >= 11 is 2.05. The first-order chi connectivity index (χ1) is 18.9. The maximum absolute atomic E-state index is 14.7. The minimum atomic E-state index is -0.738. The number of halogens is 2. The number of nitrogens with zero attached hydrogens (tertiary/aromatic N) is 2. The van der Waals surface area contributed by atoms with Crippen LogP contribution in [0.4, 0.5) is 4.39 Å². The van der Waals surface area contributed by atoms with Crippen molar-refractivity contribution < 1.29 is 19.3 Å². The van der Waals surface area contributed by atoms with Crippen molar-refractivity contribution in [3.05, 3.63) is 110 Å². The van der Waals surface area contributed by atoms with Gasteiger partial charge in [-0.1, -0.05) is 37.3 Å². The molecule has 3 aromatic carbocycles. The van der Waals surface area contributed by atoms with E-state index in [4.69, 9.17) is 9.84 Å². The largest absolute Gasteiger partial charge is 0.493 e. The molecular weight excluding hydrogens is 614 g/mol. The molecule has 200 valence electrons. The van der Waals surface area contributed by atoms with E-state index in [2.05, 4.69) is 15.0 Å². The van der Waals surface area contributed by atoms with Gasteiger partial charge in [0, 0.05) is 20.6 Å². The fourth-order valence-corrected chi connectivity index (χ4v) is 5.09. The first-order valence-electron chi connectivity index (χ1n) is 12.3. The summed E-state index contributed by atoms with van der Waals surface area (Å²) in [5.41, 5.74) is 2.05. The Balaban J connectivity index is 1.59. The van der Waals surface area contributed by atoms with Crippen molar-refractivity contribution in [2.24, 2.45) is 0 Å². The van der Waals surface area contributed by atoms with E-state index in [1.54, 1.807) is 36.4 Å². The van der Waals surface area contributed by atoms with E-state index in [-0.39, 0.29) is 36.5 Å². The molecule has 5 rings (SSSR count). The molecule has 0 saturated carbocycles. The molecule has 0 spiro atoms. The average Bonchev–Trinajstić information content (AvgIpc) is 3.53. The Bertz CT molecular complexity index is 1630. The molecule has 0 bridgehead atoms. The van der Waals surface area contributed by atoms with Gasteiger partial charge >= 0.3 is 5.69 Å². The Morgan fingerprint density at radius 3 is 2.51 bits per heavy atom. The maximum atomic E-state index is 14.7. The SMILES string of the molecule is C[C@@H](c1ccccc1)[C@@H](c1ncc(-c2ccc(I)cc2F)[nH]1)n1c(O)c(-c2ccc(OCCO)cc2)[nH]c1=O. The second kappa shape index (κ2) is 11.5. The minimum Gasteiger partial charge on any atom is -0.493 e. The molecule has 10 heteroatoms. The minimum absolute atomic E-state index is 0.107. The molecule has 5 aromatic rings. The number of aromatic amines is 2. The van der Waals surface area contributed by atoms with Gasteiger partial charge in [-0.25, -0.2) is 14.2 Å². The molecule has 0 aliphatic heterocycles. The number of hydrogen-bond acceptors (Lipinski definition) is 5. The quantitative estimate of drug-likeness (QED) is 0.160. The molecule has 0 aliphatic rings. The third kappa shape index (κ3) is 5.48. The normalized spacial score (nSPS) is 12.8. The topological polar surface area (TPSA) is 116 Å². The van der Waals surface area contributed by atoms with Crippen molar-refractivity contribution in [1.29, 1.82) is 0 Å². The number of nitrogens with one attached hydrogen (secondary N) is 2. The number of aliphatic hydroxyl groups excluding tert-OH is 1. The van der Waals surface area contributed by atoms with Crippen LogP contribution in [0.2, 0.25) is 0 Å². The lowest BCUT2D eigenvalue weighted by Crippen LogP contribution is -2.27. The van der Waals surface area contributed by atoms with Crippen LogP contribution in [0.15, 0.2) is 83.8 Å². The number of benzene rings is 3. The van der Waals surface area contributed by atoms with Gasteiger partial charge in [0.05, 0.1) is 18.5 Å². The summed E-state index contributed by atoms with van der Waals surface area (Å²) in [5, 5.41) is 20.3. The summed E-state index contributed by atoms with van der Waals surface area (Å²) in [4.78, 5) is 23.9. The molecular formula is C29H26FIN4O4. The number of aromatic nitrogens is 4. The zero-order chi connectivity index (χ0) is 27.5. The van der Waals surface area contributed by atoms with Crippen LogP contribution in [0.25, 0.3) is 22.5 Å². The van der Waals surface area contributed by atoms with Crippen LogP contribution < -0.4 is 10.4 Å². The Morgan fingerprint density at radius 2 is 1.82 bits per heavy atom. The Kier molecular flexibility index (Phi) is 7.84. The molecule has 39 heavy (non-hydrogen) atoms. The molecule has 0 radical (unpaired) electrons. The van der Waals surface area contributed by atoms with Gasteiger partial charge in [-0.2, -0.15) is 0 Å². The second-order valence-electron chi connectivity index (χ2n) is 9.05. The van der Waals surface area contributed by atoms with E-state index in [0.717, 1.165) is 9.13 Å². The Hall–Kier alpha value is -3.90. The van der Waals surface area contributed by atoms with Crippen LogP contribution in [0.1, 0.15) is 30.3 Å². The molecule has 4 N–H and O–H groups in total. The summed E-state index contributed by atoms with van der Waals surface area (Å²) in [6.07, 6.45) is 1.53. The van der Waals surface area contributed by atoms with Gasteiger partial charge in [-0.3, -0.25) is 4.57 Å². The number of H-pyrrole nitrogens is 2. The monoisotopic (exact) mass is 640 g/mol. The summed E-state index contributed by atoms with van der Waals surface area (Å²) < 4.78 is 22.2. The van der Waals surface area contributed by atoms with Crippen LogP contribution in [0.3, 0.4) is 0 Å². The lowest BCUT2D eigenvalue weighted by Gasteiger charge is -2.24. The van der Waals surface area contributed by atoms with E-state index in [0.29, 0.717) is 28.4 Å². The van der Waals surface area contributed by atoms with Crippen molar-refractivity contribution in [2.75, 3.05) is 13.2 Å². The molecule has 0 fully saturated rings. The predicted molar refractivity (Wildman–Crippen MR) is 154 cm³/mol. The number of rotatable bonds is 9. The fourth-order valence-electron chi connectivity index (χ4n) is 4.63. The number of imidazole rings is 2. The first-order valence-corrected chi connectivity index (χ1v) is 13.4. The predicted octanol–water partition coefficient (Wildman–Crippen LogP) is 5.45. The highest BCUT2D eigenvalue weighted by Gasteiger charge is 2.31. The molecule has 0 unspecified atom stereocenters. The Morgan fingerprint density at radius 1 is 1.08 bits per heavy atom. The van der Waals surface area contributed by atoms with Crippen LogP contribution >= 0.6 is 22.6 Å². The summed E-state index contributed by atoms with van der Waals surface area (Å²) in [7, 11) is 0. The van der Waals surface area contributed by atoms with E-state index < -0.39 is 11.7 Å². The summed E-state index contributed by atoms with van der Waals surface area (Å²) in [6, 6.07) is 20.6. The van der Waals surface area contributed by atoms with Crippen molar-refractivity contribution in [1.82, 2.24) is 19.5 Å². The highest BCUT2D eigenvalue weighted by Crippen LogP contribution is 2.38. The van der Waals surface area contributed by atoms with Gasteiger partial charge < -0.3 is 24.9 Å². The standard InChI is InChI=1S/C29H26FIN4O4/c1-17(18-5-3-2-4-6-18)26(27-32-16-24(33-27)22-12-9-20(31)15-23(22)30)35-28(37)25(34-29(35)38)19-7-10-21(11-8-19)39-14-13-36/h2-12,15-17,26,36-37H,13-14H2,1H3,(H,32,33)(H,34,38)/t17-,26-/m0/s1. The maximum Gasteiger partial charge on any atom is 0.329 e. The van der Waals surface area contributed by atoms with E-state index in [9.17, 15) is 14.3 Å². The summed E-state index contributed by atoms with van der Waals surface area (Å²) in [6.45, 7) is 2.00. The molecule has 0 amide bonds. The molecule has 2 heterocycles.